The lowest BCUT2D eigenvalue weighted by Crippen LogP contribution is -2.51. The molecule has 0 aromatic carbocycles. The Labute approximate surface area is 141 Å². The van der Waals surface area contributed by atoms with Crippen LogP contribution in [0.25, 0.3) is 0 Å². The summed E-state index contributed by atoms with van der Waals surface area (Å²) in [6.07, 6.45) is 4.13. The highest BCUT2D eigenvalue weighted by Gasteiger charge is 2.26. The van der Waals surface area contributed by atoms with E-state index in [0.29, 0.717) is 12.1 Å². The van der Waals surface area contributed by atoms with E-state index in [4.69, 9.17) is 9.47 Å². The molecule has 0 bridgehead atoms. The summed E-state index contributed by atoms with van der Waals surface area (Å²) >= 11 is 0. The molecule has 1 N–H and O–H groups in total. The van der Waals surface area contributed by atoms with E-state index < -0.39 is 0 Å². The fourth-order valence-electron chi connectivity index (χ4n) is 3.77. The van der Waals surface area contributed by atoms with Crippen LogP contribution in [0.15, 0.2) is 0 Å². The first kappa shape index (κ1) is 19.1. The summed E-state index contributed by atoms with van der Waals surface area (Å²) in [5.74, 6) is 0. The normalized spacial score (nSPS) is 31.7. The van der Waals surface area contributed by atoms with Gasteiger partial charge in [-0.25, -0.2) is 0 Å². The number of hydrogen-bond donors (Lipinski definition) is 1. The van der Waals surface area contributed by atoms with Crippen LogP contribution < -0.4 is 0 Å². The first-order valence-electron chi connectivity index (χ1n) is 9.35. The molecule has 0 spiro atoms. The lowest BCUT2D eigenvalue weighted by atomic mass is 10.1. The molecule has 4 unspecified atom stereocenters. The predicted molar refractivity (Wildman–Crippen MR) is 92.8 cm³/mol. The van der Waals surface area contributed by atoms with E-state index in [-0.39, 0.29) is 18.3 Å². The number of rotatable bonds is 7. The average molecular weight is 328 g/mol. The van der Waals surface area contributed by atoms with E-state index in [1.54, 1.807) is 0 Å². The van der Waals surface area contributed by atoms with Crippen LogP contribution in [0.5, 0.6) is 0 Å². The molecular formula is C18H36N2O3. The van der Waals surface area contributed by atoms with Crippen molar-refractivity contribution in [3.63, 3.8) is 0 Å². The van der Waals surface area contributed by atoms with Crippen molar-refractivity contribution < 1.29 is 14.6 Å². The Hall–Kier alpha value is -0.200. The number of nitrogens with zero attached hydrogens (tertiary/aromatic N) is 2. The maximum atomic E-state index is 10.6. The van der Waals surface area contributed by atoms with Gasteiger partial charge in [0.15, 0.2) is 0 Å². The minimum atomic E-state index is -0.321. The number of morpholine rings is 1. The van der Waals surface area contributed by atoms with Gasteiger partial charge in [0.25, 0.3) is 0 Å². The standard InChI is InChI=1S/C18H36N2O3/c1-14(2)20(13-18-7-5-6-8-22-18)12-17(21)11-19-9-15(3)23-16(4)10-19/h14-18,21H,5-13H2,1-4H3. The van der Waals surface area contributed by atoms with Crippen molar-refractivity contribution in [3.05, 3.63) is 0 Å². The maximum absolute atomic E-state index is 10.6. The fourth-order valence-corrected chi connectivity index (χ4v) is 3.77. The van der Waals surface area contributed by atoms with Gasteiger partial charge >= 0.3 is 0 Å². The van der Waals surface area contributed by atoms with Crippen molar-refractivity contribution in [1.29, 1.82) is 0 Å². The average Bonchev–Trinajstić information content (AvgIpc) is 2.46. The maximum Gasteiger partial charge on any atom is 0.0793 e. The van der Waals surface area contributed by atoms with Gasteiger partial charge in [-0.15, -0.1) is 0 Å². The highest BCUT2D eigenvalue weighted by molar-refractivity contribution is 4.79. The monoisotopic (exact) mass is 328 g/mol. The minimum Gasteiger partial charge on any atom is -0.390 e. The van der Waals surface area contributed by atoms with Crippen molar-refractivity contribution >= 4 is 0 Å². The Kier molecular flexibility index (Phi) is 7.76. The van der Waals surface area contributed by atoms with Crippen LogP contribution in [0.2, 0.25) is 0 Å². The van der Waals surface area contributed by atoms with Gasteiger partial charge in [-0.3, -0.25) is 9.80 Å². The third kappa shape index (κ3) is 6.67. The molecule has 0 aliphatic carbocycles. The van der Waals surface area contributed by atoms with Crippen LogP contribution in [0.1, 0.15) is 47.0 Å². The molecule has 0 saturated carbocycles. The molecule has 0 radical (unpaired) electrons. The molecule has 0 aromatic rings. The van der Waals surface area contributed by atoms with Crippen molar-refractivity contribution in [3.8, 4) is 0 Å². The third-order valence-electron chi connectivity index (χ3n) is 4.85. The van der Waals surface area contributed by atoms with Crippen LogP contribution in [-0.4, -0.2) is 84.7 Å². The van der Waals surface area contributed by atoms with Crippen LogP contribution in [0.3, 0.4) is 0 Å². The summed E-state index contributed by atoms with van der Waals surface area (Å²) in [6.45, 7) is 13.7. The Balaban J connectivity index is 1.78. The molecule has 5 nitrogen and oxygen atoms in total. The molecule has 5 heteroatoms. The van der Waals surface area contributed by atoms with Crippen LogP contribution in [0, 0.1) is 0 Å². The topological polar surface area (TPSA) is 45.2 Å². The van der Waals surface area contributed by atoms with Crippen molar-refractivity contribution in [1.82, 2.24) is 9.80 Å². The van der Waals surface area contributed by atoms with E-state index in [2.05, 4.69) is 37.5 Å². The molecule has 2 aliphatic rings. The molecule has 23 heavy (non-hydrogen) atoms. The Morgan fingerprint density at radius 1 is 1.17 bits per heavy atom. The van der Waals surface area contributed by atoms with Gasteiger partial charge in [0, 0.05) is 45.4 Å². The molecule has 2 rings (SSSR count). The SMILES string of the molecule is CC1CN(CC(O)CN(CC2CCCCO2)C(C)C)CC(C)O1. The van der Waals surface area contributed by atoms with Gasteiger partial charge in [-0.05, 0) is 47.0 Å². The lowest BCUT2D eigenvalue weighted by molar-refractivity contribution is -0.0799. The van der Waals surface area contributed by atoms with Gasteiger partial charge in [0.1, 0.15) is 0 Å². The van der Waals surface area contributed by atoms with Crippen molar-refractivity contribution in [2.24, 2.45) is 0 Å². The molecule has 2 saturated heterocycles. The quantitative estimate of drug-likeness (QED) is 0.771. The highest BCUT2D eigenvalue weighted by atomic mass is 16.5. The molecule has 0 amide bonds. The molecule has 0 aromatic heterocycles. The number of aliphatic hydroxyl groups excluding tert-OH is 1. The van der Waals surface area contributed by atoms with E-state index in [0.717, 1.165) is 45.8 Å². The minimum absolute atomic E-state index is 0.253. The van der Waals surface area contributed by atoms with Crippen LogP contribution in [0.4, 0.5) is 0 Å². The van der Waals surface area contributed by atoms with E-state index in [1.165, 1.54) is 12.8 Å². The van der Waals surface area contributed by atoms with Gasteiger partial charge in [-0.1, -0.05) is 0 Å². The second-order valence-corrected chi connectivity index (χ2v) is 7.67. The first-order valence-corrected chi connectivity index (χ1v) is 9.35. The van der Waals surface area contributed by atoms with Crippen LogP contribution >= 0.6 is 0 Å². The number of β-amino-alcohol motifs (C(OH)–C–C–N with tert-alkyl or cyclic N) is 1. The zero-order valence-corrected chi connectivity index (χ0v) is 15.4. The van der Waals surface area contributed by atoms with Crippen LogP contribution in [-0.2, 0) is 9.47 Å². The fraction of sp³-hybridized carbons (Fsp3) is 1.00. The van der Waals surface area contributed by atoms with Crippen molar-refractivity contribution in [2.75, 3.05) is 39.3 Å². The third-order valence-corrected chi connectivity index (χ3v) is 4.85. The second-order valence-electron chi connectivity index (χ2n) is 7.67. The Bertz CT molecular complexity index is 324. The highest BCUT2D eigenvalue weighted by Crippen LogP contribution is 2.16. The Morgan fingerprint density at radius 3 is 2.43 bits per heavy atom. The van der Waals surface area contributed by atoms with E-state index in [9.17, 15) is 5.11 Å². The van der Waals surface area contributed by atoms with Crippen molar-refractivity contribution in [2.45, 2.75) is 77.4 Å². The van der Waals surface area contributed by atoms with E-state index in [1.807, 2.05) is 0 Å². The zero-order valence-electron chi connectivity index (χ0n) is 15.4. The molecular weight excluding hydrogens is 292 g/mol. The number of hydrogen-bond acceptors (Lipinski definition) is 5. The number of aliphatic hydroxyl groups is 1. The predicted octanol–water partition coefficient (Wildman–Crippen LogP) is 1.74. The molecule has 4 atom stereocenters. The van der Waals surface area contributed by atoms with Gasteiger partial charge in [0.2, 0.25) is 0 Å². The van der Waals surface area contributed by atoms with Gasteiger partial charge in [0.05, 0.1) is 24.4 Å². The summed E-state index contributed by atoms with van der Waals surface area (Å²) in [5.41, 5.74) is 0. The molecule has 136 valence electrons. The van der Waals surface area contributed by atoms with E-state index >= 15 is 0 Å². The second kappa shape index (κ2) is 9.33. The Morgan fingerprint density at radius 2 is 1.87 bits per heavy atom. The first-order chi connectivity index (χ1) is 10.9. The number of ether oxygens (including phenoxy) is 2. The summed E-state index contributed by atoms with van der Waals surface area (Å²) in [5, 5.41) is 10.6. The molecule has 2 heterocycles. The summed E-state index contributed by atoms with van der Waals surface area (Å²) in [7, 11) is 0. The van der Waals surface area contributed by atoms with Gasteiger partial charge < -0.3 is 14.6 Å². The smallest absolute Gasteiger partial charge is 0.0793 e. The summed E-state index contributed by atoms with van der Waals surface area (Å²) in [4.78, 5) is 4.70. The zero-order chi connectivity index (χ0) is 16.8. The lowest BCUT2D eigenvalue weighted by Gasteiger charge is -2.38. The van der Waals surface area contributed by atoms with Gasteiger partial charge in [-0.2, -0.15) is 0 Å². The largest absolute Gasteiger partial charge is 0.390 e. The summed E-state index contributed by atoms with van der Waals surface area (Å²) < 4.78 is 11.6. The molecule has 2 fully saturated rings. The summed E-state index contributed by atoms with van der Waals surface area (Å²) in [6, 6.07) is 0.428. The molecule has 2 aliphatic heterocycles.